The van der Waals surface area contributed by atoms with Gasteiger partial charge in [-0.05, 0) is 43.3 Å². The molecule has 1 fully saturated rings. The van der Waals surface area contributed by atoms with Crippen LogP contribution in [0.5, 0.6) is 0 Å². The van der Waals surface area contributed by atoms with Crippen molar-refractivity contribution in [1.82, 2.24) is 0 Å². The highest BCUT2D eigenvalue weighted by Gasteiger charge is 2.20. The first kappa shape index (κ1) is 17.0. The van der Waals surface area contributed by atoms with Crippen LogP contribution in [-0.4, -0.2) is 44.3 Å². The number of nitrogens with one attached hydrogen (secondary N) is 1. The summed E-state index contributed by atoms with van der Waals surface area (Å²) in [4.78, 5) is 26.2. The molecular weight excluding hydrogens is 324 g/mol. The fourth-order valence-electron chi connectivity index (χ4n) is 2.49. The van der Waals surface area contributed by atoms with E-state index in [1.807, 2.05) is 24.3 Å². The van der Waals surface area contributed by atoms with E-state index >= 15 is 0 Å². The summed E-state index contributed by atoms with van der Waals surface area (Å²) >= 11 is 0. The smallest absolute Gasteiger partial charge is 0.374 e. The van der Waals surface area contributed by atoms with Gasteiger partial charge in [-0.3, -0.25) is 4.79 Å². The number of ether oxygens (including phenoxy) is 2. The molecule has 1 aliphatic heterocycles. The molecule has 1 N–H and O–H groups in total. The minimum absolute atomic E-state index is 0.0644. The minimum Gasteiger partial charge on any atom is -0.457 e. The summed E-state index contributed by atoms with van der Waals surface area (Å²) in [7, 11) is 0. The molecule has 25 heavy (non-hydrogen) atoms. The van der Waals surface area contributed by atoms with Crippen molar-refractivity contribution in [2.24, 2.45) is 0 Å². The van der Waals surface area contributed by atoms with Crippen LogP contribution >= 0.6 is 0 Å². The Kier molecular flexibility index (Phi) is 5.35. The number of anilines is 2. The van der Waals surface area contributed by atoms with Crippen LogP contribution in [-0.2, 0) is 14.3 Å². The van der Waals surface area contributed by atoms with Gasteiger partial charge in [0, 0.05) is 24.5 Å². The Balaban J connectivity index is 1.54. The van der Waals surface area contributed by atoms with Crippen LogP contribution in [0.1, 0.15) is 17.5 Å². The molecule has 0 unspecified atom stereocenters. The zero-order chi connectivity index (χ0) is 17.6. The number of carbonyl (C=O) groups excluding carboxylic acids is 2. The second kappa shape index (κ2) is 7.85. The Morgan fingerprint density at radius 1 is 1.16 bits per heavy atom. The zero-order valence-electron chi connectivity index (χ0n) is 13.9. The van der Waals surface area contributed by atoms with Crippen LogP contribution in [0.25, 0.3) is 0 Å². The van der Waals surface area contributed by atoms with Gasteiger partial charge in [-0.15, -0.1) is 0 Å². The van der Waals surface area contributed by atoms with E-state index in [1.165, 1.54) is 19.3 Å². The van der Waals surface area contributed by atoms with Crippen molar-refractivity contribution in [2.75, 3.05) is 36.5 Å². The topological polar surface area (TPSA) is 81.0 Å². The van der Waals surface area contributed by atoms with Crippen LogP contribution < -0.4 is 10.2 Å². The number of hydrogen-bond donors (Lipinski definition) is 1. The molecule has 0 aliphatic carbocycles. The summed E-state index contributed by atoms with van der Waals surface area (Å²) in [5.41, 5.74) is 1.72. The Morgan fingerprint density at radius 3 is 2.52 bits per heavy atom. The molecule has 3 rings (SSSR count). The van der Waals surface area contributed by atoms with Gasteiger partial charge in [-0.25, -0.2) is 4.79 Å². The van der Waals surface area contributed by atoms with Crippen LogP contribution in [0, 0.1) is 0 Å². The fraction of sp³-hybridized carbons (Fsp3) is 0.333. The maximum atomic E-state index is 12.2. The number of amides is 1. The maximum absolute atomic E-state index is 12.2. The molecule has 7 heteroatoms. The van der Waals surface area contributed by atoms with Crippen molar-refractivity contribution in [1.29, 1.82) is 0 Å². The predicted molar refractivity (Wildman–Crippen MR) is 91.7 cm³/mol. The Labute approximate surface area is 145 Å². The Bertz CT molecular complexity index is 706. The van der Waals surface area contributed by atoms with Crippen molar-refractivity contribution in [3.63, 3.8) is 0 Å². The van der Waals surface area contributed by atoms with Crippen molar-refractivity contribution < 1.29 is 23.5 Å². The van der Waals surface area contributed by atoms with Gasteiger partial charge in [0.25, 0.3) is 5.91 Å². The monoisotopic (exact) mass is 344 g/mol. The molecule has 2 aromatic rings. The van der Waals surface area contributed by atoms with Crippen LogP contribution in [0.3, 0.4) is 0 Å². The first-order valence-electron chi connectivity index (χ1n) is 8.11. The highest BCUT2D eigenvalue weighted by atomic mass is 16.6. The molecule has 0 radical (unpaired) electrons. The summed E-state index contributed by atoms with van der Waals surface area (Å²) in [5, 5.41) is 2.73. The highest BCUT2D eigenvalue weighted by Crippen LogP contribution is 2.19. The van der Waals surface area contributed by atoms with E-state index < -0.39 is 18.0 Å². The van der Waals surface area contributed by atoms with E-state index in [0.717, 1.165) is 32.0 Å². The van der Waals surface area contributed by atoms with Gasteiger partial charge in [0.2, 0.25) is 5.76 Å². The Hall–Kier alpha value is -2.80. The summed E-state index contributed by atoms with van der Waals surface area (Å²) in [6.45, 7) is 4.66. The number of hydrogen-bond acceptors (Lipinski definition) is 6. The van der Waals surface area contributed by atoms with Crippen molar-refractivity contribution in [2.45, 2.75) is 13.0 Å². The standard InChI is InChI=1S/C18H20N2O5/c1-13(25-18(22)16-3-2-10-24-16)17(21)19-14-4-6-15(7-5-14)20-8-11-23-12-9-20/h2-7,10,13H,8-9,11-12H2,1H3,(H,19,21)/t13-/m1/s1. The van der Waals surface area contributed by atoms with Gasteiger partial charge >= 0.3 is 5.97 Å². The molecule has 0 saturated carbocycles. The lowest BCUT2D eigenvalue weighted by molar-refractivity contribution is -0.123. The van der Waals surface area contributed by atoms with E-state index in [4.69, 9.17) is 13.9 Å². The third kappa shape index (κ3) is 4.39. The molecular formula is C18H20N2O5. The quantitative estimate of drug-likeness (QED) is 0.838. The number of morpholine rings is 1. The second-order valence-electron chi connectivity index (χ2n) is 5.66. The third-order valence-electron chi connectivity index (χ3n) is 3.89. The number of furan rings is 1. The van der Waals surface area contributed by atoms with Crippen molar-refractivity contribution in [3.8, 4) is 0 Å². The lowest BCUT2D eigenvalue weighted by Crippen LogP contribution is -2.36. The number of nitrogens with zero attached hydrogens (tertiary/aromatic N) is 1. The van der Waals surface area contributed by atoms with Gasteiger partial charge in [-0.1, -0.05) is 0 Å². The van der Waals surface area contributed by atoms with Crippen molar-refractivity contribution >= 4 is 23.3 Å². The summed E-state index contributed by atoms with van der Waals surface area (Å²) < 4.78 is 15.4. The van der Waals surface area contributed by atoms with Gasteiger partial charge in [0.15, 0.2) is 6.10 Å². The molecule has 1 amide bonds. The average Bonchev–Trinajstić information content (AvgIpc) is 3.18. The van der Waals surface area contributed by atoms with Gasteiger partial charge in [0.1, 0.15) is 0 Å². The molecule has 1 atom stereocenters. The molecule has 132 valence electrons. The fourth-order valence-corrected chi connectivity index (χ4v) is 2.49. The third-order valence-corrected chi connectivity index (χ3v) is 3.89. The zero-order valence-corrected chi connectivity index (χ0v) is 13.9. The van der Waals surface area contributed by atoms with E-state index in [1.54, 1.807) is 6.07 Å². The summed E-state index contributed by atoms with van der Waals surface area (Å²) in [6, 6.07) is 10.6. The van der Waals surface area contributed by atoms with Crippen molar-refractivity contribution in [3.05, 3.63) is 48.4 Å². The summed E-state index contributed by atoms with van der Waals surface area (Å²) in [5.74, 6) is -1.01. The van der Waals surface area contributed by atoms with Gasteiger partial charge in [-0.2, -0.15) is 0 Å². The molecule has 1 aliphatic rings. The number of rotatable bonds is 5. The number of benzene rings is 1. The molecule has 1 aromatic carbocycles. The largest absolute Gasteiger partial charge is 0.457 e. The second-order valence-corrected chi connectivity index (χ2v) is 5.66. The number of esters is 1. The molecule has 0 spiro atoms. The Morgan fingerprint density at radius 2 is 1.88 bits per heavy atom. The first-order chi connectivity index (χ1) is 12.1. The molecule has 1 saturated heterocycles. The van der Waals surface area contributed by atoms with E-state index in [2.05, 4.69) is 10.2 Å². The van der Waals surface area contributed by atoms with Gasteiger partial charge in [0.05, 0.1) is 19.5 Å². The highest BCUT2D eigenvalue weighted by molar-refractivity contribution is 5.96. The molecule has 7 nitrogen and oxygen atoms in total. The lowest BCUT2D eigenvalue weighted by Gasteiger charge is -2.28. The van der Waals surface area contributed by atoms with Crippen LogP contribution in [0.4, 0.5) is 11.4 Å². The minimum atomic E-state index is -0.934. The SMILES string of the molecule is C[C@@H](OC(=O)c1ccco1)C(=O)Nc1ccc(N2CCOCC2)cc1. The van der Waals surface area contributed by atoms with Crippen LogP contribution in [0.15, 0.2) is 47.1 Å². The average molecular weight is 344 g/mol. The number of carbonyl (C=O) groups is 2. The normalized spacial score (nSPS) is 15.5. The predicted octanol–water partition coefficient (Wildman–Crippen LogP) is 2.30. The molecule has 1 aromatic heterocycles. The maximum Gasteiger partial charge on any atom is 0.374 e. The van der Waals surface area contributed by atoms with E-state index in [9.17, 15) is 9.59 Å². The summed E-state index contributed by atoms with van der Waals surface area (Å²) in [6.07, 6.45) is 0.439. The molecule has 0 bridgehead atoms. The first-order valence-corrected chi connectivity index (χ1v) is 8.11. The molecule has 2 heterocycles. The van der Waals surface area contributed by atoms with Gasteiger partial charge < -0.3 is 24.1 Å². The van der Waals surface area contributed by atoms with Crippen LogP contribution in [0.2, 0.25) is 0 Å². The lowest BCUT2D eigenvalue weighted by atomic mass is 10.2. The van der Waals surface area contributed by atoms with E-state index in [-0.39, 0.29) is 5.76 Å². The van der Waals surface area contributed by atoms with E-state index in [0.29, 0.717) is 5.69 Å².